The van der Waals surface area contributed by atoms with Crippen molar-refractivity contribution in [3.05, 3.63) is 0 Å². The molecule has 48 valence electrons. The Morgan fingerprint density at radius 1 is 1.62 bits per heavy atom. The molecule has 0 aromatic carbocycles. The molecule has 0 aromatic heterocycles. The molecule has 1 aliphatic rings. The highest BCUT2D eigenvalue weighted by Crippen LogP contribution is 2.30. The van der Waals surface area contributed by atoms with Gasteiger partial charge in [-0.15, -0.1) is 0 Å². The molecule has 1 aliphatic carbocycles. The molecule has 1 saturated carbocycles. The third-order valence-corrected chi connectivity index (χ3v) is 2.35. The van der Waals surface area contributed by atoms with Crippen LogP contribution >= 0.6 is 12.6 Å². The van der Waals surface area contributed by atoms with Gasteiger partial charge in [0.15, 0.2) is 0 Å². The van der Waals surface area contributed by atoms with Gasteiger partial charge < -0.3 is 4.74 Å². The Morgan fingerprint density at radius 2 is 2.38 bits per heavy atom. The number of hydrogen-bond acceptors (Lipinski definition) is 2. The van der Waals surface area contributed by atoms with Crippen molar-refractivity contribution in [2.75, 3.05) is 12.9 Å². The fraction of sp³-hybridized carbons (Fsp3) is 1.00. The maximum Gasteiger partial charge on any atom is 0.0607 e. The molecule has 0 spiro atoms. The first-order valence-electron chi connectivity index (χ1n) is 3.02. The Balaban J connectivity index is 2.16. The summed E-state index contributed by atoms with van der Waals surface area (Å²) in [5.41, 5.74) is 0. The zero-order valence-electron chi connectivity index (χ0n) is 5.13. The molecule has 0 bridgehead atoms. The minimum absolute atomic E-state index is 0.521. The Morgan fingerprint density at radius 3 is 2.50 bits per heavy atom. The first-order chi connectivity index (χ1) is 3.88. The zero-order chi connectivity index (χ0) is 5.98. The molecule has 1 nitrogen and oxygen atoms in total. The van der Waals surface area contributed by atoms with E-state index >= 15 is 0 Å². The normalized spacial score (nSPS) is 36.8. The van der Waals surface area contributed by atoms with Crippen LogP contribution in [0.2, 0.25) is 0 Å². The van der Waals surface area contributed by atoms with Gasteiger partial charge in [-0.1, -0.05) is 0 Å². The van der Waals surface area contributed by atoms with Crippen LogP contribution in [0.5, 0.6) is 0 Å². The minimum Gasteiger partial charge on any atom is -0.381 e. The summed E-state index contributed by atoms with van der Waals surface area (Å²) in [7, 11) is 1.78. The molecule has 2 unspecified atom stereocenters. The largest absolute Gasteiger partial charge is 0.381 e. The van der Waals surface area contributed by atoms with Crippen molar-refractivity contribution in [1.82, 2.24) is 0 Å². The van der Waals surface area contributed by atoms with Gasteiger partial charge in [-0.25, -0.2) is 0 Å². The van der Waals surface area contributed by atoms with Gasteiger partial charge in [0, 0.05) is 7.11 Å². The Kier molecular flexibility index (Phi) is 2.20. The Hall–Kier alpha value is 0.310. The van der Waals surface area contributed by atoms with Gasteiger partial charge >= 0.3 is 0 Å². The third-order valence-electron chi connectivity index (χ3n) is 1.89. The summed E-state index contributed by atoms with van der Waals surface area (Å²) in [6.07, 6.45) is 3.07. The van der Waals surface area contributed by atoms with E-state index in [-0.39, 0.29) is 0 Å². The summed E-state index contributed by atoms with van der Waals surface area (Å²) in [4.78, 5) is 0. The number of rotatable bonds is 2. The van der Waals surface area contributed by atoms with E-state index in [9.17, 15) is 0 Å². The van der Waals surface area contributed by atoms with Gasteiger partial charge in [-0.2, -0.15) is 12.6 Å². The van der Waals surface area contributed by atoms with E-state index < -0.39 is 0 Å². The zero-order valence-corrected chi connectivity index (χ0v) is 6.03. The fourth-order valence-corrected chi connectivity index (χ4v) is 1.48. The van der Waals surface area contributed by atoms with E-state index in [0.717, 1.165) is 11.7 Å². The van der Waals surface area contributed by atoms with Crippen LogP contribution in [0, 0.1) is 5.92 Å². The lowest BCUT2D eigenvalue weighted by atomic mass is 9.83. The molecule has 0 amide bonds. The molecule has 2 atom stereocenters. The SMILES string of the molecule is COC1CCC1CS. The van der Waals surface area contributed by atoms with Crippen LogP contribution in [-0.4, -0.2) is 19.0 Å². The van der Waals surface area contributed by atoms with Crippen LogP contribution in [-0.2, 0) is 4.74 Å². The number of methoxy groups -OCH3 is 1. The molecular formula is C6H12OS. The van der Waals surface area contributed by atoms with E-state index in [1.807, 2.05) is 0 Å². The molecule has 0 saturated heterocycles. The van der Waals surface area contributed by atoms with Crippen LogP contribution in [0.4, 0.5) is 0 Å². The van der Waals surface area contributed by atoms with Gasteiger partial charge in [-0.3, -0.25) is 0 Å². The second-order valence-corrected chi connectivity index (χ2v) is 2.66. The van der Waals surface area contributed by atoms with E-state index in [1.54, 1.807) is 7.11 Å². The van der Waals surface area contributed by atoms with Crippen LogP contribution in [0.3, 0.4) is 0 Å². The molecule has 0 aromatic rings. The second-order valence-electron chi connectivity index (χ2n) is 2.29. The van der Waals surface area contributed by atoms with Crippen LogP contribution in [0.25, 0.3) is 0 Å². The lowest BCUT2D eigenvalue weighted by Gasteiger charge is -2.33. The van der Waals surface area contributed by atoms with Crippen molar-refractivity contribution in [2.24, 2.45) is 5.92 Å². The lowest BCUT2D eigenvalue weighted by molar-refractivity contribution is -0.00530. The first-order valence-corrected chi connectivity index (χ1v) is 3.65. The summed E-state index contributed by atoms with van der Waals surface area (Å²) in [5.74, 6) is 1.72. The highest BCUT2D eigenvalue weighted by atomic mass is 32.1. The van der Waals surface area contributed by atoms with E-state index in [2.05, 4.69) is 12.6 Å². The smallest absolute Gasteiger partial charge is 0.0607 e. The quantitative estimate of drug-likeness (QED) is 0.558. The highest BCUT2D eigenvalue weighted by molar-refractivity contribution is 7.80. The molecule has 1 rings (SSSR count). The fourth-order valence-electron chi connectivity index (χ4n) is 1.06. The summed E-state index contributed by atoms with van der Waals surface area (Å²) in [6.45, 7) is 0. The molecule has 0 aliphatic heterocycles. The van der Waals surface area contributed by atoms with Crippen molar-refractivity contribution in [3.63, 3.8) is 0 Å². The maximum atomic E-state index is 5.14. The van der Waals surface area contributed by atoms with E-state index in [1.165, 1.54) is 12.8 Å². The highest BCUT2D eigenvalue weighted by Gasteiger charge is 2.28. The molecule has 1 fully saturated rings. The first kappa shape index (κ1) is 6.43. The second kappa shape index (κ2) is 2.74. The average Bonchev–Trinajstić information content (AvgIpc) is 1.66. The number of thiol groups is 1. The number of ether oxygens (including phenoxy) is 1. The van der Waals surface area contributed by atoms with Gasteiger partial charge in [0.2, 0.25) is 0 Å². The monoisotopic (exact) mass is 132 g/mol. The van der Waals surface area contributed by atoms with E-state index in [0.29, 0.717) is 6.10 Å². The van der Waals surface area contributed by atoms with Crippen LogP contribution in [0.1, 0.15) is 12.8 Å². The number of hydrogen-bond donors (Lipinski definition) is 1. The van der Waals surface area contributed by atoms with Crippen molar-refractivity contribution in [3.8, 4) is 0 Å². The van der Waals surface area contributed by atoms with Crippen molar-refractivity contribution in [2.45, 2.75) is 18.9 Å². The maximum absolute atomic E-state index is 5.14. The van der Waals surface area contributed by atoms with Crippen molar-refractivity contribution < 1.29 is 4.74 Å². The molecule has 2 heteroatoms. The Bertz CT molecular complexity index is 60.9. The van der Waals surface area contributed by atoms with Gasteiger partial charge in [0.1, 0.15) is 0 Å². The third kappa shape index (κ3) is 1.00. The molecule has 8 heavy (non-hydrogen) atoms. The van der Waals surface area contributed by atoms with E-state index in [4.69, 9.17) is 4.74 Å². The Labute approximate surface area is 55.8 Å². The predicted molar refractivity (Wildman–Crippen MR) is 37.4 cm³/mol. The van der Waals surface area contributed by atoms with Gasteiger partial charge in [0.25, 0.3) is 0 Å². The molecule has 0 heterocycles. The molecular weight excluding hydrogens is 120 g/mol. The summed E-state index contributed by atoms with van der Waals surface area (Å²) < 4.78 is 5.14. The lowest BCUT2D eigenvalue weighted by Crippen LogP contribution is -2.34. The predicted octanol–water partition coefficient (Wildman–Crippen LogP) is 1.34. The van der Waals surface area contributed by atoms with Crippen LogP contribution in [0.15, 0.2) is 0 Å². The topological polar surface area (TPSA) is 9.23 Å². The summed E-state index contributed by atoms with van der Waals surface area (Å²) in [5, 5.41) is 0. The van der Waals surface area contributed by atoms with Crippen molar-refractivity contribution >= 4 is 12.6 Å². The van der Waals surface area contributed by atoms with Crippen molar-refractivity contribution in [1.29, 1.82) is 0 Å². The van der Waals surface area contributed by atoms with Crippen LogP contribution < -0.4 is 0 Å². The summed E-state index contributed by atoms with van der Waals surface area (Å²) >= 11 is 4.18. The van der Waals surface area contributed by atoms with Gasteiger partial charge in [0.05, 0.1) is 6.10 Å². The molecule has 0 N–H and O–H groups in total. The average molecular weight is 132 g/mol. The van der Waals surface area contributed by atoms with Gasteiger partial charge in [-0.05, 0) is 24.5 Å². The standard InChI is InChI=1S/C6H12OS/c1-7-6-3-2-5(6)4-8/h5-6,8H,2-4H2,1H3. The minimum atomic E-state index is 0.521. The summed E-state index contributed by atoms with van der Waals surface area (Å²) in [6, 6.07) is 0. The molecule has 0 radical (unpaired) electrons.